The molecule has 17 unspecified atom stereocenters. The first-order valence-corrected chi connectivity index (χ1v) is 36.7. The number of carbonyl (C=O) groups is 1. The van der Waals surface area contributed by atoms with Crippen molar-refractivity contribution < 1.29 is 89.4 Å². The zero-order valence-corrected chi connectivity index (χ0v) is 56.6. The third kappa shape index (κ3) is 35.7. The van der Waals surface area contributed by atoms with Gasteiger partial charge in [-0.05, 0) is 44.9 Å². The van der Waals surface area contributed by atoms with Gasteiger partial charge in [-0.15, -0.1) is 0 Å². The fraction of sp³-hybridized carbons (Fsp3) is 0.903. The number of aliphatic hydroxyl groups excluding tert-OH is 11. The second-order valence-electron chi connectivity index (χ2n) is 26.4. The van der Waals surface area contributed by atoms with E-state index in [2.05, 4.69) is 43.5 Å². The summed E-state index contributed by atoms with van der Waals surface area (Å²) in [5, 5.41) is 121. The lowest BCUT2D eigenvalue weighted by atomic mass is 9.96. The first-order valence-electron chi connectivity index (χ1n) is 36.7. The van der Waals surface area contributed by atoms with Crippen molar-refractivity contribution in [2.45, 2.75) is 388 Å². The molecular weight excluding hydrogens is 1170 g/mol. The Bertz CT molecular complexity index is 1790. The van der Waals surface area contributed by atoms with Crippen LogP contribution < -0.4 is 5.32 Å². The van der Waals surface area contributed by atoms with E-state index in [1.54, 1.807) is 6.08 Å². The molecule has 91 heavy (non-hydrogen) atoms. The number of rotatable bonds is 57. The Hall–Kier alpha value is -1.99. The fourth-order valence-electron chi connectivity index (χ4n) is 12.5. The summed E-state index contributed by atoms with van der Waals surface area (Å²) in [6, 6.07) is -0.995. The maximum atomic E-state index is 13.4. The average Bonchev–Trinajstić information content (AvgIpc) is 0.884. The molecule has 3 heterocycles. The number of hydrogen-bond donors (Lipinski definition) is 12. The molecule has 17 atom stereocenters. The summed E-state index contributed by atoms with van der Waals surface area (Å²) in [4.78, 5) is 13.4. The van der Waals surface area contributed by atoms with Crippen molar-refractivity contribution in [3.63, 3.8) is 0 Å². The molecule has 0 aromatic heterocycles. The van der Waals surface area contributed by atoms with Crippen LogP contribution in [0.4, 0.5) is 0 Å². The number of nitrogens with one attached hydrogen (secondary N) is 1. The minimum atomic E-state index is -1.98. The predicted molar refractivity (Wildman–Crippen MR) is 356 cm³/mol. The monoisotopic (exact) mass is 1300 g/mol. The molecule has 3 fully saturated rings. The van der Waals surface area contributed by atoms with E-state index in [1.165, 1.54) is 205 Å². The summed E-state index contributed by atoms with van der Waals surface area (Å²) in [6.45, 7) is 1.75. The minimum Gasteiger partial charge on any atom is -0.394 e. The van der Waals surface area contributed by atoms with Crippen LogP contribution in [0.3, 0.4) is 0 Å². The third-order valence-corrected chi connectivity index (χ3v) is 18.4. The quantitative estimate of drug-likeness (QED) is 0.0199. The first-order chi connectivity index (χ1) is 44.3. The van der Waals surface area contributed by atoms with E-state index in [-0.39, 0.29) is 18.9 Å². The van der Waals surface area contributed by atoms with Crippen molar-refractivity contribution in [2.75, 3.05) is 26.4 Å². The van der Waals surface area contributed by atoms with Crippen LogP contribution in [0.25, 0.3) is 0 Å². The van der Waals surface area contributed by atoms with Gasteiger partial charge in [0.2, 0.25) is 5.91 Å². The maximum absolute atomic E-state index is 13.4. The summed E-state index contributed by atoms with van der Waals surface area (Å²) in [5.74, 6) is -0.284. The number of carbonyl (C=O) groups excluding carboxylic acids is 1. The second kappa shape index (κ2) is 54.1. The Balaban J connectivity index is 1.44. The van der Waals surface area contributed by atoms with Crippen LogP contribution in [0.15, 0.2) is 36.5 Å². The lowest BCUT2D eigenvalue weighted by molar-refractivity contribution is -0.379. The average molecular weight is 1300 g/mol. The Labute approximate surface area is 549 Å². The van der Waals surface area contributed by atoms with Crippen molar-refractivity contribution in [1.29, 1.82) is 0 Å². The van der Waals surface area contributed by atoms with Crippen LogP contribution in [0.5, 0.6) is 0 Å². The molecule has 0 aromatic carbocycles. The SMILES string of the molecule is CCCCCCCCCCCCCCC/C=C/CC/C=C/CC/C=C/C(O)C(COC1OC(CO)C(OC2OC(CO)C(OC3OC(CO)C(O)C(O)C3O)C(O)C2O)C(O)C1O)NC(=O)CCCCCCCCCCCCCCCCCCCCCCCCC. The van der Waals surface area contributed by atoms with E-state index in [4.69, 9.17) is 28.4 Å². The van der Waals surface area contributed by atoms with E-state index in [9.17, 15) is 61.0 Å². The highest BCUT2D eigenvalue weighted by molar-refractivity contribution is 5.76. The van der Waals surface area contributed by atoms with Gasteiger partial charge >= 0.3 is 0 Å². The Morgan fingerprint density at radius 3 is 1.10 bits per heavy atom. The van der Waals surface area contributed by atoms with Crippen LogP contribution >= 0.6 is 0 Å². The summed E-state index contributed by atoms with van der Waals surface area (Å²) in [7, 11) is 0. The van der Waals surface area contributed by atoms with Gasteiger partial charge in [0.1, 0.15) is 73.2 Å². The second-order valence-corrected chi connectivity index (χ2v) is 26.4. The molecule has 3 rings (SSSR count). The Kier molecular flexibility index (Phi) is 49.5. The molecule has 534 valence electrons. The van der Waals surface area contributed by atoms with Gasteiger partial charge < -0.3 is 89.9 Å². The molecule has 0 saturated carbocycles. The van der Waals surface area contributed by atoms with Gasteiger partial charge in [-0.3, -0.25) is 4.79 Å². The standard InChI is InChI=1S/C72H133NO18/c1-3-5-7-9-11-13-15-17-19-21-23-25-27-29-31-33-35-37-39-41-43-45-47-49-56(77)55(73-60(78)50-48-46-44-42-40-38-36-34-32-30-28-26-24-22-20-18-16-14-12-10-8-6-4-2)54-86-70-66(84)63(81)68(58(52-75)88-70)91-72-67(85)64(82)69(59(53-76)89-72)90-71-65(83)62(80)61(79)57(51-74)87-71/h31,33,39,41,47,49,55-59,61-72,74-77,79-85H,3-30,32,34-38,40,42-46,48,50-54H2,1-2H3,(H,73,78)/b33-31+,41-39+,49-47+. The minimum absolute atomic E-state index is 0.236. The molecule has 0 spiro atoms. The molecule has 3 aliphatic rings. The van der Waals surface area contributed by atoms with Crippen LogP contribution in [-0.2, 0) is 33.2 Å². The van der Waals surface area contributed by atoms with Gasteiger partial charge in [0.25, 0.3) is 0 Å². The lowest BCUT2D eigenvalue weighted by Crippen LogP contribution is -2.66. The van der Waals surface area contributed by atoms with Crippen molar-refractivity contribution in [3.8, 4) is 0 Å². The molecule has 0 radical (unpaired) electrons. The van der Waals surface area contributed by atoms with Crippen molar-refractivity contribution in [1.82, 2.24) is 5.32 Å². The zero-order chi connectivity index (χ0) is 66.1. The van der Waals surface area contributed by atoms with Gasteiger partial charge in [-0.25, -0.2) is 0 Å². The normalized spacial score (nSPS) is 28.0. The maximum Gasteiger partial charge on any atom is 0.220 e. The highest BCUT2D eigenvalue weighted by Gasteiger charge is 2.53. The zero-order valence-electron chi connectivity index (χ0n) is 56.6. The van der Waals surface area contributed by atoms with Crippen molar-refractivity contribution in [3.05, 3.63) is 36.5 Å². The molecule has 19 heteroatoms. The highest BCUT2D eigenvalue weighted by atomic mass is 16.8. The highest BCUT2D eigenvalue weighted by Crippen LogP contribution is 2.33. The smallest absolute Gasteiger partial charge is 0.220 e. The predicted octanol–water partition coefficient (Wildman–Crippen LogP) is 10.4. The van der Waals surface area contributed by atoms with Crippen LogP contribution in [0.2, 0.25) is 0 Å². The van der Waals surface area contributed by atoms with Gasteiger partial charge in [-0.2, -0.15) is 0 Å². The van der Waals surface area contributed by atoms with Gasteiger partial charge in [0.15, 0.2) is 18.9 Å². The molecule has 3 aliphatic heterocycles. The summed E-state index contributed by atoms with van der Waals surface area (Å²) in [6.07, 6.45) is 37.0. The number of amides is 1. The molecule has 3 saturated heterocycles. The van der Waals surface area contributed by atoms with Gasteiger partial charge in [0.05, 0.1) is 38.6 Å². The molecule has 0 aromatic rings. The van der Waals surface area contributed by atoms with E-state index < -0.39 is 124 Å². The molecule has 1 amide bonds. The van der Waals surface area contributed by atoms with E-state index in [0.29, 0.717) is 12.8 Å². The fourth-order valence-corrected chi connectivity index (χ4v) is 12.5. The molecular formula is C72H133NO18. The van der Waals surface area contributed by atoms with Crippen LogP contribution in [0.1, 0.15) is 284 Å². The topological polar surface area (TPSA) is 307 Å². The van der Waals surface area contributed by atoms with Gasteiger partial charge in [0, 0.05) is 6.42 Å². The largest absolute Gasteiger partial charge is 0.394 e. The number of unbranched alkanes of at least 4 members (excludes halogenated alkanes) is 37. The molecule has 12 N–H and O–H groups in total. The number of hydrogen-bond acceptors (Lipinski definition) is 18. The lowest BCUT2D eigenvalue weighted by Gasteiger charge is -2.48. The summed E-state index contributed by atoms with van der Waals surface area (Å²) in [5.41, 5.74) is 0. The molecule has 19 nitrogen and oxygen atoms in total. The van der Waals surface area contributed by atoms with Crippen LogP contribution in [-0.4, -0.2) is 193 Å². The van der Waals surface area contributed by atoms with Crippen molar-refractivity contribution in [2.24, 2.45) is 0 Å². The van der Waals surface area contributed by atoms with Gasteiger partial charge in [-0.1, -0.05) is 269 Å². The van der Waals surface area contributed by atoms with E-state index >= 15 is 0 Å². The first kappa shape index (κ1) is 83.2. The summed E-state index contributed by atoms with van der Waals surface area (Å²) >= 11 is 0. The number of allylic oxidation sites excluding steroid dienone is 5. The number of aliphatic hydroxyl groups is 11. The third-order valence-electron chi connectivity index (χ3n) is 18.4. The van der Waals surface area contributed by atoms with Crippen LogP contribution in [0, 0.1) is 0 Å². The van der Waals surface area contributed by atoms with E-state index in [1.807, 2.05) is 6.08 Å². The molecule has 0 bridgehead atoms. The molecule has 0 aliphatic carbocycles. The Morgan fingerprint density at radius 2 is 0.703 bits per heavy atom. The van der Waals surface area contributed by atoms with Crippen molar-refractivity contribution >= 4 is 5.91 Å². The summed E-state index contributed by atoms with van der Waals surface area (Å²) < 4.78 is 34.4. The Morgan fingerprint density at radius 1 is 0.385 bits per heavy atom. The number of ether oxygens (including phenoxy) is 6. The van der Waals surface area contributed by atoms with E-state index in [0.717, 1.165) is 44.9 Å².